The summed E-state index contributed by atoms with van der Waals surface area (Å²) in [6.45, 7) is 5.75. The Balaban J connectivity index is 1.86. The SMILES string of the molecule is CCCCS(=O)(=O)N1CCCN(C(=O)COc2cccc(C)c2)CC1. The van der Waals surface area contributed by atoms with Crippen LogP contribution in [0.4, 0.5) is 0 Å². The summed E-state index contributed by atoms with van der Waals surface area (Å²) in [5.41, 5.74) is 1.08. The second-order valence-electron chi connectivity index (χ2n) is 6.41. The van der Waals surface area contributed by atoms with Crippen molar-refractivity contribution in [2.24, 2.45) is 0 Å². The molecule has 7 heteroatoms. The van der Waals surface area contributed by atoms with Gasteiger partial charge in [0, 0.05) is 26.2 Å². The molecule has 0 N–H and O–H groups in total. The van der Waals surface area contributed by atoms with Crippen LogP contribution in [0.3, 0.4) is 0 Å². The lowest BCUT2D eigenvalue weighted by molar-refractivity contribution is -0.133. The van der Waals surface area contributed by atoms with Gasteiger partial charge in [-0.15, -0.1) is 0 Å². The van der Waals surface area contributed by atoms with Gasteiger partial charge in [0.05, 0.1) is 5.75 Å². The first kappa shape index (κ1) is 19.7. The second-order valence-corrected chi connectivity index (χ2v) is 8.50. The minimum atomic E-state index is -3.21. The van der Waals surface area contributed by atoms with E-state index in [1.54, 1.807) is 4.90 Å². The smallest absolute Gasteiger partial charge is 0.260 e. The normalized spacial score (nSPS) is 16.5. The molecule has 0 aromatic heterocycles. The highest BCUT2D eigenvalue weighted by Crippen LogP contribution is 2.14. The molecular formula is C18H28N2O4S. The van der Waals surface area contributed by atoms with E-state index in [9.17, 15) is 13.2 Å². The van der Waals surface area contributed by atoms with Crippen LogP contribution in [0.2, 0.25) is 0 Å². The lowest BCUT2D eigenvalue weighted by Crippen LogP contribution is -2.39. The lowest BCUT2D eigenvalue weighted by atomic mass is 10.2. The summed E-state index contributed by atoms with van der Waals surface area (Å²) in [5, 5.41) is 0. The van der Waals surface area contributed by atoms with Gasteiger partial charge in [0.15, 0.2) is 6.61 Å². The van der Waals surface area contributed by atoms with E-state index in [4.69, 9.17) is 4.74 Å². The van der Waals surface area contributed by atoms with E-state index in [1.165, 1.54) is 4.31 Å². The molecule has 0 aliphatic carbocycles. The molecular weight excluding hydrogens is 340 g/mol. The van der Waals surface area contributed by atoms with E-state index in [-0.39, 0.29) is 18.3 Å². The molecule has 1 aromatic rings. The number of carbonyl (C=O) groups excluding carboxylic acids is 1. The summed E-state index contributed by atoms with van der Waals surface area (Å²) >= 11 is 0. The van der Waals surface area contributed by atoms with Crippen LogP contribution < -0.4 is 4.74 Å². The molecule has 1 amide bonds. The van der Waals surface area contributed by atoms with Gasteiger partial charge in [-0.2, -0.15) is 0 Å². The van der Waals surface area contributed by atoms with Gasteiger partial charge in [-0.25, -0.2) is 12.7 Å². The number of nitrogens with zero attached hydrogens (tertiary/aromatic N) is 2. The minimum Gasteiger partial charge on any atom is -0.484 e. The molecule has 25 heavy (non-hydrogen) atoms. The van der Waals surface area contributed by atoms with Crippen LogP contribution in [0.15, 0.2) is 24.3 Å². The number of hydrogen-bond donors (Lipinski definition) is 0. The van der Waals surface area contributed by atoms with Crippen molar-refractivity contribution in [3.63, 3.8) is 0 Å². The molecule has 2 rings (SSSR count). The Morgan fingerprint density at radius 3 is 2.72 bits per heavy atom. The molecule has 1 fully saturated rings. The van der Waals surface area contributed by atoms with Gasteiger partial charge in [-0.3, -0.25) is 4.79 Å². The summed E-state index contributed by atoms with van der Waals surface area (Å²) in [5.74, 6) is 0.759. The highest BCUT2D eigenvalue weighted by molar-refractivity contribution is 7.89. The molecule has 0 spiro atoms. The average Bonchev–Trinajstić information content (AvgIpc) is 2.85. The van der Waals surface area contributed by atoms with Crippen LogP contribution in [0.5, 0.6) is 5.75 Å². The number of rotatable bonds is 7. The van der Waals surface area contributed by atoms with E-state index < -0.39 is 10.0 Å². The number of unbranched alkanes of at least 4 members (excludes halogenated alkanes) is 1. The van der Waals surface area contributed by atoms with E-state index in [1.807, 2.05) is 38.1 Å². The molecule has 1 saturated heterocycles. The molecule has 0 unspecified atom stereocenters. The topological polar surface area (TPSA) is 66.9 Å². The van der Waals surface area contributed by atoms with Crippen LogP contribution in [-0.4, -0.2) is 62.1 Å². The first-order valence-electron chi connectivity index (χ1n) is 8.87. The molecule has 1 heterocycles. The summed E-state index contributed by atoms with van der Waals surface area (Å²) in [6.07, 6.45) is 2.18. The number of carbonyl (C=O) groups is 1. The van der Waals surface area contributed by atoms with Gasteiger partial charge in [-0.05, 0) is 37.5 Å². The number of aryl methyl sites for hydroxylation is 1. The average molecular weight is 368 g/mol. The van der Waals surface area contributed by atoms with E-state index in [2.05, 4.69) is 0 Å². The van der Waals surface area contributed by atoms with Gasteiger partial charge >= 0.3 is 0 Å². The van der Waals surface area contributed by atoms with Crippen molar-refractivity contribution < 1.29 is 17.9 Å². The molecule has 0 saturated carbocycles. The number of ether oxygens (including phenoxy) is 1. The van der Waals surface area contributed by atoms with Gasteiger partial charge in [-0.1, -0.05) is 25.5 Å². The Morgan fingerprint density at radius 1 is 1.20 bits per heavy atom. The molecule has 1 aromatic carbocycles. The van der Waals surface area contributed by atoms with Crippen molar-refractivity contribution in [3.05, 3.63) is 29.8 Å². The maximum atomic E-state index is 12.4. The number of amides is 1. The van der Waals surface area contributed by atoms with Crippen molar-refractivity contribution in [2.75, 3.05) is 38.5 Å². The molecule has 0 radical (unpaired) electrons. The fourth-order valence-corrected chi connectivity index (χ4v) is 4.50. The van der Waals surface area contributed by atoms with E-state index in [0.717, 1.165) is 12.0 Å². The summed E-state index contributed by atoms with van der Waals surface area (Å²) in [6, 6.07) is 7.57. The molecule has 6 nitrogen and oxygen atoms in total. The fraction of sp³-hybridized carbons (Fsp3) is 0.611. The lowest BCUT2D eigenvalue weighted by Gasteiger charge is -2.22. The van der Waals surface area contributed by atoms with Crippen molar-refractivity contribution in [2.45, 2.75) is 33.1 Å². The van der Waals surface area contributed by atoms with Crippen molar-refractivity contribution in [1.82, 2.24) is 9.21 Å². The first-order chi connectivity index (χ1) is 11.9. The van der Waals surface area contributed by atoms with Crippen molar-refractivity contribution >= 4 is 15.9 Å². The Kier molecular flexibility index (Phi) is 7.25. The van der Waals surface area contributed by atoms with Crippen LogP contribution in [0.1, 0.15) is 31.7 Å². The highest BCUT2D eigenvalue weighted by atomic mass is 32.2. The monoisotopic (exact) mass is 368 g/mol. The molecule has 1 aliphatic rings. The van der Waals surface area contributed by atoms with Crippen LogP contribution in [0, 0.1) is 6.92 Å². The van der Waals surface area contributed by atoms with Crippen LogP contribution in [0.25, 0.3) is 0 Å². The van der Waals surface area contributed by atoms with Crippen molar-refractivity contribution in [3.8, 4) is 5.75 Å². The van der Waals surface area contributed by atoms with Crippen molar-refractivity contribution in [1.29, 1.82) is 0 Å². The zero-order valence-corrected chi connectivity index (χ0v) is 15.9. The third-order valence-electron chi connectivity index (χ3n) is 4.31. The second kappa shape index (κ2) is 9.20. The number of hydrogen-bond acceptors (Lipinski definition) is 4. The highest BCUT2D eigenvalue weighted by Gasteiger charge is 2.26. The van der Waals surface area contributed by atoms with E-state index in [0.29, 0.717) is 44.8 Å². The maximum Gasteiger partial charge on any atom is 0.260 e. The third-order valence-corrected chi connectivity index (χ3v) is 6.27. The van der Waals surface area contributed by atoms with Gasteiger partial charge < -0.3 is 9.64 Å². The number of benzene rings is 1. The molecule has 140 valence electrons. The summed E-state index contributed by atoms with van der Waals surface area (Å²) < 4.78 is 31.7. The summed E-state index contributed by atoms with van der Waals surface area (Å²) in [7, 11) is -3.21. The number of sulfonamides is 1. The van der Waals surface area contributed by atoms with Gasteiger partial charge in [0.25, 0.3) is 5.91 Å². The Hall–Kier alpha value is -1.60. The standard InChI is InChI=1S/C18H28N2O4S/c1-3-4-13-25(22,23)20-10-6-9-19(11-12-20)18(21)15-24-17-8-5-7-16(2)14-17/h5,7-8,14H,3-4,6,9-13,15H2,1-2H3. The Morgan fingerprint density at radius 2 is 2.00 bits per heavy atom. The molecule has 0 atom stereocenters. The Bertz CT molecular complexity index is 675. The summed E-state index contributed by atoms with van der Waals surface area (Å²) in [4.78, 5) is 14.1. The third kappa shape index (κ3) is 6.01. The predicted molar refractivity (Wildman–Crippen MR) is 98.1 cm³/mol. The van der Waals surface area contributed by atoms with Crippen LogP contribution >= 0.6 is 0 Å². The molecule has 1 aliphatic heterocycles. The zero-order valence-electron chi connectivity index (χ0n) is 15.1. The Labute approximate surface area is 150 Å². The zero-order chi connectivity index (χ0) is 18.3. The van der Waals surface area contributed by atoms with E-state index >= 15 is 0 Å². The fourth-order valence-electron chi connectivity index (χ4n) is 2.82. The molecule has 0 bridgehead atoms. The maximum absolute atomic E-state index is 12.4. The quantitative estimate of drug-likeness (QED) is 0.739. The minimum absolute atomic E-state index is 0.0218. The predicted octanol–water partition coefficient (Wildman–Crippen LogP) is 2.04. The van der Waals surface area contributed by atoms with Gasteiger partial charge in [0.1, 0.15) is 5.75 Å². The van der Waals surface area contributed by atoms with Crippen LogP contribution in [-0.2, 0) is 14.8 Å². The first-order valence-corrected chi connectivity index (χ1v) is 10.5. The van der Waals surface area contributed by atoms with Gasteiger partial charge in [0.2, 0.25) is 10.0 Å². The largest absolute Gasteiger partial charge is 0.484 e.